The molecule has 1 saturated heterocycles. The average molecular weight is 353 g/mol. The van der Waals surface area contributed by atoms with Crippen molar-refractivity contribution in [2.75, 3.05) is 40.3 Å². The molecule has 0 aliphatic carbocycles. The Kier molecular flexibility index (Phi) is 6.01. The summed E-state index contributed by atoms with van der Waals surface area (Å²) in [6, 6.07) is 5.37. The van der Waals surface area contributed by atoms with Crippen LogP contribution in [0.5, 0.6) is 0 Å². The Hall–Kier alpha value is -1.42. The molecule has 1 fully saturated rings. The van der Waals surface area contributed by atoms with Crippen molar-refractivity contribution in [3.8, 4) is 0 Å². The van der Waals surface area contributed by atoms with Gasteiger partial charge in [-0.3, -0.25) is 4.90 Å². The molecule has 1 aromatic carbocycles. The van der Waals surface area contributed by atoms with Crippen LogP contribution < -0.4 is 0 Å². The SMILES string of the molecule is BCCc1ccc(CC2CN(CC3=CN(C)CC(C)N3C)C2)c(C)c1C. The summed E-state index contributed by atoms with van der Waals surface area (Å²) in [5, 5.41) is 0. The van der Waals surface area contributed by atoms with Gasteiger partial charge in [0, 0.05) is 58.2 Å². The third-order valence-corrected chi connectivity index (χ3v) is 6.49. The van der Waals surface area contributed by atoms with Crippen molar-refractivity contribution in [3.63, 3.8) is 0 Å². The van der Waals surface area contributed by atoms with E-state index in [1.165, 1.54) is 54.6 Å². The first kappa shape index (κ1) is 19.3. The number of likely N-dealkylation sites (N-methyl/N-ethyl adjacent to an activating group) is 2. The highest BCUT2D eigenvalue weighted by molar-refractivity contribution is 6.08. The van der Waals surface area contributed by atoms with Gasteiger partial charge < -0.3 is 9.80 Å². The zero-order valence-corrected chi connectivity index (χ0v) is 17.7. The summed E-state index contributed by atoms with van der Waals surface area (Å²) in [6.07, 6.45) is 6.00. The van der Waals surface area contributed by atoms with Crippen LogP contribution in [0.1, 0.15) is 29.2 Å². The summed E-state index contributed by atoms with van der Waals surface area (Å²) in [5.74, 6) is 0.815. The fourth-order valence-electron chi connectivity index (χ4n) is 4.54. The van der Waals surface area contributed by atoms with Gasteiger partial charge in [-0.15, -0.1) is 0 Å². The van der Waals surface area contributed by atoms with Gasteiger partial charge in [0.1, 0.15) is 7.85 Å². The van der Waals surface area contributed by atoms with Crippen molar-refractivity contribution in [2.45, 2.75) is 46.0 Å². The van der Waals surface area contributed by atoms with Crippen LogP contribution in [0, 0.1) is 19.8 Å². The monoisotopic (exact) mass is 353 g/mol. The summed E-state index contributed by atoms with van der Waals surface area (Å²) in [6.45, 7) is 11.6. The standard InChI is InChI=1S/C22H36BN3/c1-16-11-24(4)14-22(25(16)5)15-26-12-19(13-26)10-21-7-6-20(8-9-23)17(2)18(21)3/h6-7,14,16,19H,8-13,15,23H2,1-5H3. The van der Waals surface area contributed by atoms with Crippen molar-refractivity contribution >= 4 is 7.85 Å². The van der Waals surface area contributed by atoms with Gasteiger partial charge >= 0.3 is 0 Å². The Balaban J connectivity index is 1.54. The molecule has 2 heterocycles. The minimum Gasteiger partial charge on any atom is -0.377 e. The predicted molar refractivity (Wildman–Crippen MR) is 115 cm³/mol. The first-order valence-corrected chi connectivity index (χ1v) is 10.3. The Labute approximate surface area is 161 Å². The number of likely N-dealkylation sites (tertiary alicyclic amines) is 1. The van der Waals surface area contributed by atoms with Crippen LogP contribution in [-0.2, 0) is 12.8 Å². The van der Waals surface area contributed by atoms with Crippen LogP contribution in [0.3, 0.4) is 0 Å². The van der Waals surface area contributed by atoms with Crippen LogP contribution in [0.15, 0.2) is 24.0 Å². The molecule has 0 N–H and O–H groups in total. The molecule has 0 amide bonds. The normalized spacial score (nSPS) is 21.7. The Morgan fingerprint density at radius 3 is 2.38 bits per heavy atom. The molecule has 0 radical (unpaired) electrons. The zero-order chi connectivity index (χ0) is 18.8. The van der Waals surface area contributed by atoms with Gasteiger partial charge in [-0.25, -0.2) is 0 Å². The molecule has 2 aliphatic rings. The lowest BCUT2D eigenvalue weighted by Gasteiger charge is -2.44. The summed E-state index contributed by atoms with van der Waals surface area (Å²) >= 11 is 0. The molecule has 26 heavy (non-hydrogen) atoms. The van der Waals surface area contributed by atoms with E-state index in [0.29, 0.717) is 6.04 Å². The van der Waals surface area contributed by atoms with Gasteiger partial charge in [-0.05, 0) is 61.8 Å². The van der Waals surface area contributed by atoms with Gasteiger partial charge in [0.15, 0.2) is 0 Å². The molecule has 3 rings (SSSR count). The Bertz CT molecular complexity index is 664. The molecule has 4 heteroatoms. The van der Waals surface area contributed by atoms with Gasteiger partial charge in [-0.1, -0.05) is 18.5 Å². The van der Waals surface area contributed by atoms with Crippen molar-refractivity contribution < 1.29 is 0 Å². The first-order valence-electron chi connectivity index (χ1n) is 10.3. The topological polar surface area (TPSA) is 9.72 Å². The molecule has 1 unspecified atom stereocenters. The molecule has 2 aliphatic heterocycles. The van der Waals surface area contributed by atoms with Crippen LogP contribution >= 0.6 is 0 Å². The molecule has 0 spiro atoms. The van der Waals surface area contributed by atoms with Crippen LogP contribution in [0.2, 0.25) is 6.32 Å². The lowest BCUT2D eigenvalue weighted by Crippen LogP contribution is -2.51. The third kappa shape index (κ3) is 4.11. The third-order valence-electron chi connectivity index (χ3n) is 6.49. The quantitative estimate of drug-likeness (QED) is 0.728. The predicted octanol–water partition coefficient (Wildman–Crippen LogP) is 2.48. The van der Waals surface area contributed by atoms with E-state index < -0.39 is 0 Å². The lowest BCUT2D eigenvalue weighted by molar-refractivity contribution is 0.0941. The number of benzene rings is 1. The number of rotatable bonds is 6. The molecule has 1 atom stereocenters. The number of nitrogens with zero attached hydrogens (tertiary/aromatic N) is 3. The van der Waals surface area contributed by atoms with E-state index in [1.807, 2.05) is 0 Å². The van der Waals surface area contributed by atoms with Crippen LogP contribution in [0.25, 0.3) is 0 Å². The Morgan fingerprint density at radius 1 is 1.04 bits per heavy atom. The highest BCUT2D eigenvalue weighted by atomic mass is 15.3. The molecule has 142 valence electrons. The first-order chi connectivity index (χ1) is 12.4. The second kappa shape index (κ2) is 8.08. The molecule has 3 nitrogen and oxygen atoms in total. The smallest absolute Gasteiger partial charge is 0.101 e. The van der Waals surface area contributed by atoms with Crippen LogP contribution in [-0.4, -0.2) is 68.9 Å². The summed E-state index contributed by atoms with van der Waals surface area (Å²) in [7, 11) is 6.70. The molecular formula is C22H36BN3. The molecule has 0 saturated carbocycles. The summed E-state index contributed by atoms with van der Waals surface area (Å²) < 4.78 is 0. The van der Waals surface area contributed by atoms with Gasteiger partial charge in [-0.2, -0.15) is 0 Å². The van der Waals surface area contributed by atoms with E-state index >= 15 is 0 Å². The average Bonchev–Trinajstić information content (AvgIpc) is 2.56. The van der Waals surface area contributed by atoms with E-state index in [2.05, 4.69) is 75.7 Å². The van der Waals surface area contributed by atoms with E-state index in [4.69, 9.17) is 0 Å². The van der Waals surface area contributed by atoms with Crippen molar-refractivity contribution in [2.24, 2.45) is 5.92 Å². The molecule has 1 aromatic rings. The minimum atomic E-state index is 0.601. The van der Waals surface area contributed by atoms with Gasteiger partial charge in [0.25, 0.3) is 0 Å². The van der Waals surface area contributed by atoms with E-state index in [-0.39, 0.29) is 0 Å². The van der Waals surface area contributed by atoms with E-state index in [9.17, 15) is 0 Å². The van der Waals surface area contributed by atoms with Crippen molar-refractivity contribution in [1.29, 1.82) is 0 Å². The second-order valence-corrected chi connectivity index (χ2v) is 8.67. The van der Waals surface area contributed by atoms with Crippen molar-refractivity contribution in [3.05, 3.63) is 46.3 Å². The van der Waals surface area contributed by atoms with E-state index in [1.54, 1.807) is 5.56 Å². The minimum absolute atomic E-state index is 0.601. The lowest BCUT2D eigenvalue weighted by atomic mass is 9.86. The molecule has 0 bridgehead atoms. The fourth-order valence-corrected chi connectivity index (χ4v) is 4.54. The molecule has 0 aromatic heterocycles. The highest BCUT2D eigenvalue weighted by Crippen LogP contribution is 2.27. The summed E-state index contributed by atoms with van der Waals surface area (Å²) in [5.41, 5.74) is 7.61. The van der Waals surface area contributed by atoms with Crippen molar-refractivity contribution in [1.82, 2.24) is 14.7 Å². The van der Waals surface area contributed by atoms with Gasteiger partial charge in [0.2, 0.25) is 0 Å². The van der Waals surface area contributed by atoms with Gasteiger partial charge in [0.05, 0.1) is 0 Å². The largest absolute Gasteiger partial charge is 0.377 e. The maximum absolute atomic E-state index is 2.60. The maximum atomic E-state index is 2.60. The highest BCUT2D eigenvalue weighted by Gasteiger charge is 2.30. The van der Waals surface area contributed by atoms with E-state index in [0.717, 1.165) is 19.0 Å². The number of hydrogen-bond donors (Lipinski definition) is 0. The number of aryl methyl sites for hydroxylation is 1. The zero-order valence-electron chi connectivity index (χ0n) is 17.7. The fraction of sp³-hybridized carbons (Fsp3) is 0.636. The second-order valence-electron chi connectivity index (χ2n) is 8.67. The molecular weight excluding hydrogens is 317 g/mol. The Morgan fingerprint density at radius 2 is 1.69 bits per heavy atom. The van der Waals surface area contributed by atoms with Crippen LogP contribution in [0.4, 0.5) is 0 Å². The summed E-state index contributed by atoms with van der Waals surface area (Å²) in [4.78, 5) is 7.39. The number of hydrogen-bond acceptors (Lipinski definition) is 3. The maximum Gasteiger partial charge on any atom is 0.101 e.